The van der Waals surface area contributed by atoms with E-state index in [0.29, 0.717) is 29.7 Å². The summed E-state index contributed by atoms with van der Waals surface area (Å²) in [7, 11) is 0. The van der Waals surface area contributed by atoms with Gasteiger partial charge in [0.15, 0.2) is 0 Å². The quantitative estimate of drug-likeness (QED) is 0.530. The summed E-state index contributed by atoms with van der Waals surface area (Å²) in [5.74, 6) is -1.91. The second-order valence-corrected chi connectivity index (χ2v) is 9.23. The number of amides is 1. The molecule has 1 saturated carbocycles. The maximum atomic E-state index is 12.7. The summed E-state index contributed by atoms with van der Waals surface area (Å²) in [6.45, 7) is 7.36. The first-order valence-corrected chi connectivity index (χ1v) is 11.9. The predicted octanol–water partition coefficient (Wildman–Crippen LogP) is 3.32. The third kappa shape index (κ3) is 6.90. The largest absolute Gasteiger partial charge is 0.478 e. The van der Waals surface area contributed by atoms with Gasteiger partial charge in [-0.25, -0.2) is 9.59 Å². The second-order valence-electron chi connectivity index (χ2n) is 9.23. The Morgan fingerprint density at radius 1 is 1.09 bits per heavy atom. The number of carbonyl (C=O) groups excluding carboxylic acids is 1. The Bertz CT molecular complexity index is 1020. The van der Waals surface area contributed by atoms with Crippen molar-refractivity contribution in [1.82, 2.24) is 20.0 Å². The third-order valence-electron chi connectivity index (χ3n) is 6.49. The first-order valence-electron chi connectivity index (χ1n) is 11.9. The van der Waals surface area contributed by atoms with Crippen LogP contribution in [0.15, 0.2) is 36.5 Å². The van der Waals surface area contributed by atoms with E-state index in [9.17, 15) is 14.4 Å². The molecule has 9 nitrogen and oxygen atoms in total. The van der Waals surface area contributed by atoms with Gasteiger partial charge in [-0.3, -0.25) is 9.48 Å². The molecule has 0 bridgehead atoms. The van der Waals surface area contributed by atoms with Crippen LogP contribution in [0.25, 0.3) is 10.9 Å². The van der Waals surface area contributed by atoms with Crippen LogP contribution in [-0.4, -0.2) is 68.4 Å². The van der Waals surface area contributed by atoms with E-state index in [1.165, 1.54) is 45.2 Å². The molecule has 0 atom stereocenters. The van der Waals surface area contributed by atoms with E-state index in [2.05, 4.69) is 29.2 Å². The summed E-state index contributed by atoms with van der Waals surface area (Å²) in [4.78, 5) is 34.5. The van der Waals surface area contributed by atoms with Gasteiger partial charge in [-0.15, -0.1) is 0 Å². The number of carboxylic acid groups (broad SMARTS) is 2. The van der Waals surface area contributed by atoms with Crippen LogP contribution in [0.2, 0.25) is 0 Å². The molecule has 1 aromatic heterocycles. The molecule has 1 aliphatic heterocycles. The lowest BCUT2D eigenvalue weighted by Crippen LogP contribution is -2.46. The minimum atomic E-state index is -1.26. The Labute approximate surface area is 199 Å². The molecule has 0 spiro atoms. The van der Waals surface area contributed by atoms with E-state index < -0.39 is 11.9 Å². The normalized spacial score (nSPS) is 17.4. The SMILES string of the molecule is CC(C)n1cc2cccc(C(=O)NCC3CCN(C4CCC4)CC3)c2n1.O=C(O)/C=C/C(=O)O. The molecule has 4 rings (SSSR count). The van der Waals surface area contributed by atoms with E-state index in [1.54, 1.807) is 0 Å². The molecule has 3 N–H and O–H groups in total. The number of nitrogens with zero attached hydrogens (tertiary/aromatic N) is 3. The van der Waals surface area contributed by atoms with Crippen LogP contribution in [0.5, 0.6) is 0 Å². The van der Waals surface area contributed by atoms with Gasteiger partial charge < -0.3 is 20.4 Å². The van der Waals surface area contributed by atoms with Crippen LogP contribution in [0.4, 0.5) is 0 Å². The summed E-state index contributed by atoms with van der Waals surface area (Å²) >= 11 is 0. The fourth-order valence-corrected chi connectivity index (χ4v) is 4.26. The van der Waals surface area contributed by atoms with Crippen molar-refractivity contribution >= 4 is 28.7 Å². The van der Waals surface area contributed by atoms with Crippen LogP contribution >= 0.6 is 0 Å². The van der Waals surface area contributed by atoms with Crippen LogP contribution < -0.4 is 5.32 Å². The number of benzene rings is 1. The fraction of sp³-hybridized carbons (Fsp3) is 0.520. The number of nitrogens with one attached hydrogen (secondary N) is 1. The summed E-state index contributed by atoms with van der Waals surface area (Å²) in [6.07, 6.45) is 9.70. The molecular weight excluding hydrogens is 436 g/mol. The van der Waals surface area contributed by atoms with Crippen LogP contribution in [0.1, 0.15) is 62.4 Å². The molecule has 34 heavy (non-hydrogen) atoms. The number of piperidine rings is 1. The van der Waals surface area contributed by atoms with Crippen molar-refractivity contribution in [2.75, 3.05) is 19.6 Å². The van der Waals surface area contributed by atoms with Gasteiger partial charge in [0, 0.05) is 42.4 Å². The standard InChI is InChI=1S/C21H30N4O.C4H4O4/c1-15(2)25-14-17-5-3-8-19(20(17)23-25)21(26)22-13-16-9-11-24(12-10-16)18-6-4-7-18;5-3(6)1-2-4(7)8/h3,5,8,14-16,18H,4,6-7,9-13H2,1-2H3,(H,22,26);1-2H,(H,5,6)(H,7,8)/b;2-1+. The average Bonchev–Trinajstić information content (AvgIpc) is 3.21. The highest BCUT2D eigenvalue weighted by Crippen LogP contribution is 2.29. The molecule has 2 aliphatic rings. The number of carbonyl (C=O) groups is 3. The zero-order valence-corrected chi connectivity index (χ0v) is 19.8. The fourth-order valence-electron chi connectivity index (χ4n) is 4.26. The number of aliphatic carboxylic acids is 2. The van der Waals surface area contributed by atoms with E-state index >= 15 is 0 Å². The number of rotatable bonds is 7. The number of hydrogen-bond donors (Lipinski definition) is 3. The molecule has 0 unspecified atom stereocenters. The Hall–Kier alpha value is -3.20. The molecule has 1 aliphatic carbocycles. The van der Waals surface area contributed by atoms with Gasteiger partial charge in [0.05, 0.1) is 5.56 Å². The maximum Gasteiger partial charge on any atom is 0.328 e. The summed E-state index contributed by atoms with van der Waals surface area (Å²) in [5.41, 5.74) is 1.49. The second kappa shape index (κ2) is 11.8. The van der Waals surface area contributed by atoms with E-state index in [4.69, 9.17) is 10.2 Å². The van der Waals surface area contributed by atoms with E-state index in [1.807, 2.05) is 29.1 Å². The van der Waals surface area contributed by atoms with Crippen LogP contribution in [-0.2, 0) is 9.59 Å². The minimum absolute atomic E-state index is 0.00558. The smallest absolute Gasteiger partial charge is 0.328 e. The first kappa shape index (κ1) is 25.4. The monoisotopic (exact) mass is 470 g/mol. The zero-order valence-electron chi connectivity index (χ0n) is 19.8. The van der Waals surface area contributed by atoms with Crippen molar-refractivity contribution in [3.8, 4) is 0 Å². The van der Waals surface area contributed by atoms with Crippen LogP contribution in [0.3, 0.4) is 0 Å². The lowest BCUT2D eigenvalue weighted by molar-refractivity contribution is -0.134. The highest BCUT2D eigenvalue weighted by atomic mass is 16.4. The number of likely N-dealkylation sites (tertiary alicyclic amines) is 1. The summed E-state index contributed by atoms with van der Waals surface area (Å²) in [6, 6.07) is 6.99. The Morgan fingerprint density at radius 3 is 2.26 bits per heavy atom. The number of aromatic nitrogens is 2. The third-order valence-corrected chi connectivity index (χ3v) is 6.49. The first-order chi connectivity index (χ1) is 16.2. The highest BCUT2D eigenvalue weighted by molar-refractivity contribution is 6.05. The van der Waals surface area contributed by atoms with Gasteiger partial charge in [-0.2, -0.15) is 5.10 Å². The van der Waals surface area contributed by atoms with Crippen molar-refractivity contribution in [1.29, 1.82) is 0 Å². The Balaban J connectivity index is 0.000000350. The van der Waals surface area contributed by atoms with E-state index in [-0.39, 0.29) is 5.91 Å². The van der Waals surface area contributed by atoms with Crippen molar-refractivity contribution in [2.45, 2.75) is 58.0 Å². The van der Waals surface area contributed by atoms with Crippen molar-refractivity contribution in [2.24, 2.45) is 5.92 Å². The number of carboxylic acids is 2. The molecule has 184 valence electrons. The Kier molecular flexibility index (Phi) is 8.81. The van der Waals surface area contributed by atoms with Crippen molar-refractivity contribution < 1.29 is 24.6 Å². The molecule has 2 aromatic rings. The molecule has 1 amide bonds. The molecule has 0 radical (unpaired) electrons. The number of hydrogen-bond acceptors (Lipinski definition) is 5. The molecule has 1 aromatic carbocycles. The lowest BCUT2D eigenvalue weighted by atomic mass is 9.88. The van der Waals surface area contributed by atoms with Gasteiger partial charge in [0.1, 0.15) is 5.52 Å². The van der Waals surface area contributed by atoms with E-state index in [0.717, 1.165) is 23.5 Å². The zero-order chi connectivity index (χ0) is 24.7. The average molecular weight is 471 g/mol. The van der Waals surface area contributed by atoms with Gasteiger partial charge >= 0.3 is 11.9 Å². The number of fused-ring (bicyclic) bond motifs is 1. The molecule has 2 fully saturated rings. The minimum Gasteiger partial charge on any atom is -0.478 e. The lowest BCUT2D eigenvalue weighted by Gasteiger charge is -2.41. The van der Waals surface area contributed by atoms with Gasteiger partial charge in [-0.05, 0) is 64.6 Å². The summed E-state index contributed by atoms with van der Waals surface area (Å²) < 4.78 is 1.93. The maximum absolute atomic E-state index is 12.7. The Morgan fingerprint density at radius 2 is 1.74 bits per heavy atom. The van der Waals surface area contributed by atoms with Crippen molar-refractivity contribution in [3.05, 3.63) is 42.1 Å². The molecule has 2 heterocycles. The van der Waals surface area contributed by atoms with Gasteiger partial charge in [0.25, 0.3) is 5.91 Å². The van der Waals surface area contributed by atoms with Gasteiger partial charge in [0.2, 0.25) is 0 Å². The molecular formula is C25H34N4O5. The molecule has 1 saturated heterocycles. The van der Waals surface area contributed by atoms with Crippen molar-refractivity contribution in [3.63, 3.8) is 0 Å². The predicted molar refractivity (Wildman–Crippen MR) is 129 cm³/mol. The highest BCUT2D eigenvalue weighted by Gasteiger charge is 2.28. The molecule has 9 heteroatoms. The topological polar surface area (TPSA) is 125 Å². The van der Waals surface area contributed by atoms with Crippen LogP contribution in [0, 0.1) is 5.92 Å². The van der Waals surface area contributed by atoms with Gasteiger partial charge in [-0.1, -0.05) is 18.6 Å². The summed E-state index contributed by atoms with van der Waals surface area (Å²) in [5, 5.41) is 24.4.